The number of piperazine rings is 1. The SMILES string of the molecule is CC.CC.CN1CCN(c2ccccc2)CC1. The van der Waals surface area contributed by atoms with Gasteiger partial charge >= 0.3 is 0 Å². The van der Waals surface area contributed by atoms with Crippen molar-refractivity contribution < 1.29 is 0 Å². The third-order valence-corrected chi connectivity index (χ3v) is 2.62. The van der Waals surface area contributed by atoms with Gasteiger partial charge in [0.1, 0.15) is 0 Å². The fourth-order valence-electron chi connectivity index (χ4n) is 1.70. The van der Waals surface area contributed by atoms with Gasteiger partial charge in [-0.2, -0.15) is 0 Å². The summed E-state index contributed by atoms with van der Waals surface area (Å²) in [6.45, 7) is 12.7. The van der Waals surface area contributed by atoms with Crippen LogP contribution >= 0.6 is 0 Å². The van der Waals surface area contributed by atoms with Crippen molar-refractivity contribution in [3.8, 4) is 0 Å². The van der Waals surface area contributed by atoms with Crippen LogP contribution < -0.4 is 4.90 Å². The average Bonchev–Trinajstić information content (AvgIpc) is 2.45. The van der Waals surface area contributed by atoms with E-state index < -0.39 is 0 Å². The standard InChI is InChI=1S/C11H16N2.2C2H6/c1-12-7-9-13(10-8-12)11-5-3-2-4-6-11;2*1-2/h2-6H,7-10H2,1H3;2*1-2H3. The zero-order valence-electron chi connectivity index (χ0n) is 12.1. The molecule has 1 aromatic carbocycles. The van der Waals surface area contributed by atoms with Crippen molar-refractivity contribution in [1.82, 2.24) is 4.90 Å². The van der Waals surface area contributed by atoms with Crippen LogP contribution in [0.1, 0.15) is 27.7 Å². The highest BCUT2D eigenvalue weighted by Gasteiger charge is 2.13. The predicted molar refractivity (Wildman–Crippen MR) is 78.8 cm³/mol. The summed E-state index contributed by atoms with van der Waals surface area (Å²) in [5, 5.41) is 0. The Morgan fingerprint density at radius 2 is 1.24 bits per heavy atom. The fraction of sp³-hybridized carbons (Fsp3) is 0.600. The third-order valence-electron chi connectivity index (χ3n) is 2.62. The minimum Gasteiger partial charge on any atom is -0.369 e. The van der Waals surface area contributed by atoms with E-state index in [1.165, 1.54) is 18.8 Å². The van der Waals surface area contributed by atoms with E-state index in [0.717, 1.165) is 13.1 Å². The van der Waals surface area contributed by atoms with Crippen LogP contribution in [-0.2, 0) is 0 Å². The van der Waals surface area contributed by atoms with Gasteiger partial charge in [0, 0.05) is 31.9 Å². The molecule has 1 aliphatic rings. The summed E-state index contributed by atoms with van der Waals surface area (Å²) in [6.07, 6.45) is 0. The van der Waals surface area contributed by atoms with Crippen LogP contribution in [-0.4, -0.2) is 38.1 Å². The monoisotopic (exact) mass is 236 g/mol. The van der Waals surface area contributed by atoms with Crippen molar-refractivity contribution in [2.45, 2.75) is 27.7 Å². The molecule has 98 valence electrons. The summed E-state index contributed by atoms with van der Waals surface area (Å²) in [6, 6.07) is 10.7. The maximum atomic E-state index is 2.44. The molecule has 0 bridgehead atoms. The van der Waals surface area contributed by atoms with Crippen LogP contribution in [0.4, 0.5) is 5.69 Å². The van der Waals surface area contributed by atoms with Gasteiger partial charge in [0.15, 0.2) is 0 Å². The van der Waals surface area contributed by atoms with E-state index in [4.69, 9.17) is 0 Å². The predicted octanol–water partition coefficient (Wildman–Crippen LogP) is 3.49. The number of para-hydroxylation sites is 1. The van der Waals surface area contributed by atoms with Crippen LogP contribution in [0.5, 0.6) is 0 Å². The van der Waals surface area contributed by atoms with Crippen LogP contribution in [0.25, 0.3) is 0 Å². The van der Waals surface area contributed by atoms with E-state index in [0.29, 0.717) is 0 Å². The summed E-state index contributed by atoms with van der Waals surface area (Å²) >= 11 is 0. The molecule has 1 saturated heterocycles. The number of hydrogen-bond acceptors (Lipinski definition) is 2. The van der Waals surface area contributed by atoms with E-state index in [-0.39, 0.29) is 0 Å². The summed E-state index contributed by atoms with van der Waals surface area (Å²) in [5.41, 5.74) is 1.36. The third kappa shape index (κ3) is 5.73. The highest BCUT2D eigenvalue weighted by Crippen LogP contribution is 2.14. The maximum absolute atomic E-state index is 2.44. The zero-order valence-corrected chi connectivity index (χ0v) is 12.1. The number of benzene rings is 1. The van der Waals surface area contributed by atoms with Crippen LogP contribution in [0.15, 0.2) is 30.3 Å². The van der Waals surface area contributed by atoms with Gasteiger partial charge in [0.05, 0.1) is 0 Å². The number of anilines is 1. The van der Waals surface area contributed by atoms with Gasteiger partial charge in [-0.25, -0.2) is 0 Å². The lowest BCUT2D eigenvalue weighted by Crippen LogP contribution is -2.44. The molecule has 2 nitrogen and oxygen atoms in total. The zero-order chi connectivity index (χ0) is 13.1. The molecule has 0 atom stereocenters. The Morgan fingerprint density at radius 3 is 1.71 bits per heavy atom. The molecule has 0 N–H and O–H groups in total. The average molecular weight is 236 g/mol. The van der Waals surface area contributed by atoms with Crippen LogP contribution in [0, 0.1) is 0 Å². The Hall–Kier alpha value is -1.02. The second kappa shape index (κ2) is 10.2. The lowest BCUT2D eigenvalue weighted by molar-refractivity contribution is 0.313. The minimum absolute atomic E-state index is 1.15. The van der Waals surface area contributed by atoms with E-state index in [2.05, 4.69) is 47.2 Å². The topological polar surface area (TPSA) is 6.48 Å². The number of hydrogen-bond donors (Lipinski definition) is 0. The second-order valence-corrected chi connectivity index (χ2v) is 3.63. The molecular weight excluding hydrogens is 208 g/mol. The van der Waals surface area contributed by atoms with Crippen molar-refractivity contribution in [3.05, 3.63) is 30.3 Å². The van der Waals surface area contributed by atoms with E-state index in [9.17, 15) is 0 Å². The molecule has 0 saturated carbocycles. The minimum atomic E-state index is 1.15. The Kier molecular flexibility index (Phi) is 9.55. The molecule has 0 radical (unpaired) electrons. The Labute approximate surface area is 107 Å². The quantitative estimate of drug-likeness (QED) is 0.736. The highest BCUT2D eigenvalue weighted by atomic mass is 15.2. The highest BCUT2D eigenvalue weighted by molar-refractivity contribution is 5.46. The van der Waals surface area contributed by atoms with Gasteiger partial charge in [-0.15, -0.1) is 0 Å². The second-order valence-electron chi connectivity index (χ2n) is 3.63. The van der Waals surface area contributed by atoms with Gasteiger partial charge in [0.25, 0.3) is 0 Å². The largest absolute Gasteiger partial charge is 0.369 e. The molecule has 2 rings (SSSR count). The van der Waals surface area contributed by atoms with Gasteiger partial charge in [-0.05, 0) is 19.2 Å². The molecular formula is C15H28N2. The van der Waals surface area contributed by atoms with Crippen LogP contribution in [0.2, 0.25) is 0 Å². The Morgan fingerprint density at radius 1 is 0.765 bits per heavy atom. The molecule has 1 fully saturated rings. The smallest absolute Gasteiger partial charge is 0.0367 e. The first-order chi connectivity index (χ1) is 8.36. The molecule has 1 aromatic rings. The lowest BCUT2D eigenvalue weighted by Gasteiger charge is -2.33. The molecule has 0 amide bonds. The van der Waals surface area contributed by atoms with Crippen molar-refractivity contribution in [3.63, 3.8) is 0 Å². The lowest BCUT2D eigenvalue weighted by atomic mass is 10.2. The molecule has 1 heterocycles. The molecule has 0 unspecified atom stereocenters. The number of rotatable bonds is 1. The summed E-state index contributed by atoms with van der Waals surface area (Å²) in [5.74, 6) is 0. The van der Waals surface area contributed by atoms with Gasteiger partial charge in [-0.1, -0.05) is 45.9 Å². The molecule has 17 heavy (non-hydrogen) atoms. The number of likely N-dealkylation sites (N-methyl/N-ethyl adjacent to an activating group) is 1. The fourth-order valence-corrected chi connectivity index (χ4v) is 1.70. The van der Waals surface area contributed by atoms with E-state index >= 15 is 0 Å². The Bertz CT molecular complexity index is 251. The summed E-state index contributed by atoms with van der Waals surface area (Å²) in [7, 11) is 2.18. The normalized spacial score (nSPS) is 15.2. The van der Waals surface area contributed by atoms with Crippen molar-refractivity contribution >= 4 is 5.69 Å². The van der Waals surface area contributed by atoms with Gasteiger partial charge in [-0.3, -0.25) is 0 Å². The van der Waals surface area contributed by atoms with Gasteiger partial charge < -0.3 is 9.80 Å². The summed E-state index contributed by atoms with van der Waals surface area (Å²) in [4.78, 5) is 4.82. The van der Waals surface area contributed by atoms with Gasteiger partial charge in [0.2, 0.25) is 0 Å². The first-order valence-electron chi connectivity index (χ1n) is 6.85. The Balaban J connectivity index is 0.000000581. The maximum Gasteiger partial charge on any atom is 0.0367 e. The van der Waals surface area contributed by atoms with Crippen molar-refractivity contribution in [2.75, 3.05) is 38.1 Å². The molecule has 0 spiro atoms. The van der Waals surface area contributed by atoms with E-state index in [1.807, 2.05) is 27.7 Å². The van der Waals surface area contributed by atoms with Crippen molar-refractivity contribution in [1.29, 1.82) is 0 Å². The first kappa shape index (κ1) is 16.0. The molecule has 2 heteroatoms. The molecule has 0 aromatic heterocycles. The molecule has 1 aliphatic heterocycles. The van der Waals surface area contributed by atoms with Crippen LogP contribution in [0.3, 0.4) is 0 Å². The summed E-state index contributed by atoms with van der Waals surface area (Å²) < 4.78 is 0. The first-order valence-corrected chi connectivity index (χ1v) is 6.85. The number of nitrogens with zero attached hydrogens (tertiary/aromatic N) is 2. The van der Waals surface area contributed by atoms with Crippen molar-refractivity contribution in [2.24, 2.45) is 0 Å². The van der Waals surface area contributed by atoms with E-state index in [1.54, 1.807) is 0 Å². The molecule has 0 aliphatic carbocycles.